The molecule has 3 rings (SSSR count). The van der Waals surface area contributed by atoms with E-state index in [2.05, 4.69) is 10.5 Å². The molecule has 0 saturated heterocycles. The van der Waals surface area contributed by atoms with Crippen molar-refractivity contribution in [3.63, 3.8) is 0 Å². The van der Waals surface area contributed by atoms with Crippen LogP contribution in [0.1, 0.15) is 39.2 Å². The number of hydrogen-bond donors (Lipinski definition) is 2. The van der Waals surface area contributed by atoms with Crippen LogP contribution >= 0.6 is 11.6 Å². The molecule has 1 aromatic carbocycles. The Bertz CT molecular complexity index is 786. The number of amides is 1. The summed E-state index contributed by atoms with van der Waals surface area (Å²) < 4.78 is 0. The van der Waals surface area contributed by atoms with Crippen LogP contribution in [-0.2, 0) is 9.59 Å². The number of fused-ring (bicyclic) bond motifs is 2. The van der Waals surface area contributed by atoms with Gasteiger partial charge in [0.05, 0.1) is 0 Å². The second kappa shape index (κ2) is 5.06. The van der Waals surface area contributed by atoms with Gasteiger partial charge in [0.15, 0.2) is 5.78 Å². The van der Waals surface area contributed by atoms with E-state index in [9.17, 15) is 14.8 Å². The van der Waals surface area contributed by atoms with Crippen LogP contribution in [0.5, 0.6) is 0 Å². The molecule has 2 fully saturated rings. The highest BCUT2D eigenvalue weighted by Gasteiger charge is 2.76. The minimum Gasteiger partial charge on any atom is -0.411 e. The van der Waals surface area contributed by atoms with Crippen molar-refractivity contribution in [2.24, 2.45) is 21.4 Å². The first-order valence-electron chi connectivity index (χ1n) is 7.97. The van der Waals surface area contributed by atoms with Crippen molar-refractivity contribution in [1.82, 2.24) is 0 Å². The average molecular weight is 349 g/mol. The van der Waals surface area contributed by atoms with Crippen molar-refractivity contribution >= 4 is 34.7 Å². The highest BCUT2D eigenvalue weighted by molar-refractivity contribution is 6.51. The van der Waals surface area contributed by atoms with Crippen LogP contribution in [0, 0.1) is 23.2 Å². The van der Waals surface area contributed by atoms with E-state index >= 15 is 0 Å². The molecule has 0 spiro atoms. The maximum Gasteiger partial charge on any atom is 0.239 e. The summed E-state index contributed by atoms with van der Waals surface area (Å²) in [5, 5.41) is 16.1. The summed E-state index contributed by atoms with van der Waals surface area (Å²) >= 11 is 5.96. The van der Waals surface area contributed by atoms with Crippen molar-refractivity contribution in [2.75, 3.05) is 5.32 Å². The molecule has 2 atom stereocenters. The number of benzene rings is 1. The summed E-state index contributed by atoms with van der Waals surface area (Å²) in [6, 6.07) is 5.19. The molecule has 2 saturated carbocycles. The Morgan fingerprint density at radius 2 is 1.96 bits per heavy atom. The number of carbonyl (C=O) groups excluding carboxylic acids is 2. The zero-order chi connectivity index (χ0) is 17.9. The normalized spacial score (nSPS) is 32.4. The first-order chi connectivity index (χ1) is 11.1. The van der Waals surface area contributed by atoms with Gasteiger partial charge in [-0.25, -0.2) is 0 Å². The van der Waals surface area contributed by atoms with Gasteiger partial charge in [-0.2, -0.15) is 0 Å². The summed E-state index contributed by atoms with van der Waals surface area (Å²) in [5.74, 6) is -0.710. The van der Waals surface area contributed by atoms with Crippen LogP contribution in [0.4, 0.5) is 5.69 Å². The Balaban J connectivity index is 2.04. The monoisotopic (exact) mass is 348 g/mol. The molecule has 128 valence electrons. The summed E-state index contributed by atoms with van der Waals surface area (Å²) in [7, 11) is 0. The van der Waals surface area contributed by atoms with Gasteiger partial charge >= 0.3 is 0 Å². The summed E-state index contributed by atoms with van der Waals surface area (Å²) in [6.07, 6.45) is 1.09. The average Bonchev–Trinajstić information content (AvgIpc) is 2.78. The van der Waals surface area contributed by atoms with Crippen LogP contribution < -0.4 is 5.32 Å². The minimum atomic E-state index is -1.21. The third-order valence-electron chi connectivity index (χ3n) is 6.50. The van der Waals surface area contributed by atoms with E-state index in [0.717, 1.165) is 5.56 Å². The van der Waals surface area contributed by atoms with E-state index < -0.39 is 16.2 Å². The number of rotatable bonds is 2. The number of hydrogen-bond acceptors (Lipinski definition) is 4. The van der Waals surface area contributed by atoms with E-state index in [1.165, 1.54) is 0 Å². The molecular formula is C18H21ClN2O3. The van der Waals surface area contributed by atoms with Crippen molar-refractivity contribution in [1.29, 1.82) is 0 Å². The Hall–Kier alpha value is -1.88. The lowest BCUT2D eigenvalue weighted by atomic mass is 9.64. The van der Waals surface area contributed by atoms with Crippen LogP contribution in [0.2, 0.25) is 5.02 Å². The molecule has 2 aliphatic rings. The van der Waals surface area contributed by atoms with Gasteiger partial charge in [-0.3, -0.25) is 9.59 Å². The van der Waals surface area contributed by atoms with Crippen LogP contribution in [0.25, 0.3) is 0 Å². The third kappa shape index (κ3) is 1.79. The van der Waals surface area contributed by atoms with Gasteiger partial charge in [0, 0.05) is 16.1 Å². The van der Waals surface area contributed by atoms with E-state index in [1.54, 1.807) is 18.2 Å². The van der Waals surface area contributed by atoms with Gasteiger partial charge in [0.1, 0.15) is 11.1 Å². The first-order valence-corrected chi connectivity index (χ1v) is 8.34. The van der Waals surface area contributed by atoms with Crippen LogP contribution in [0.15, 0.2) is 23.4 Å². The second-order valence-corrected chi connectivity index (χ2v) is 7.99. The number of carbonyl (C=O) groups is 2. The number of halogens is 1. The highest BCUT2D eigenvalue weighted by atomic mass is 35.5. The Morgan fingerprint density at radius 1 is 1.29 bits per heavy atom. The predicted octanol–water partition coefficient (Wildman–Crippen LogP) is 3.81. The van der Waals surface area contributed by atoms with Crippen LogP contribution in [0.3, 0.4) is 0 Å². The lowest BCUT2D eigenvalue weighted by Crippen LogP contribution is -2.47. The highest BCUT2D eigenvalue weighted by Crippen LogP contribution is 2.69. The quantitative estimate of drug-likeness (QED) is 0.484. The molecule has 1 aromatic rings. The maximum absolute atomic E-state index is 13.2. The summed E-state index contributed by atoms with van der Waals surface area (Å²) in [6.45, 7) is 7.56. The number of nitrogens with one attached hydrogen (secondary N) is 1. The number of oxime groups is 1. The number of anilines is 1. The number of nitrogens with zero attached hydrogens (tertiary/aromatic N) is 1. The molecule has 0 radical (unpaired) electrons. The predicted molar refractivity (Wildman–Crippen MR) is 92.6 cm³/mol. The summed E-state index contributed by atoms with van der Waals surface area (Å²) in [4.78, 5) is 26.1. The zero-order valence-corrected chi connectivity index (χ0v) is 15.0. The number of Topliss-reactive ketones (excluding diaryl/α,β-unsaturated/α-hetero) is 1. The number of ketones is 1. The van der Waals surface area contributed by atoms with Gasteiger partial charge in [-0.1, -0.05) is 37.5 Å². The fraction of sp³-hybridized carbons (Fsp3) is 0.500. The third-order valence-corrected chi connectivity index (χ3v) is 6.73. The molecule has 0 aliphatic heterocycles. The van der Waals surface area contributed by atoms with Crippen molar-refractivity contribution < 1.29 is 14.8 Å². The first kappa shape index (κ1) is 17.0. The van der Waals surface area contributed by atoms with E-state index in [1.807, 2.05) is 27.7 Å². The minimum absolute atomic E-state index is 0.113. The van der Waals surface area contributed by atoms with Gasteiger partial charge in [-0.15, -0.1) is 0 Å². The molecule has 0 aromatic heterocycles. The van der Waals surface area contributed by atoms with Crippen molar-refractivity contribution in [2.45, 2.75) is 40.5 Å². The van der Waals surface area contributed by atoms with E-state index in [0.29, 0.717) is 23.6 Å². The molecule has 6 heteroatoms. The fourth-order valence-corrected chi connectivity index (χ4v) is 4.68. The molecule has 2 N–H and O–H groups in total. The molecule has 2 bridgehead atoms. The van der Waals surface area contributed by atoms with Gasteiger partial charge in [0.25, 0.3) is 0 Å². The zero-order valence-electron chi connectivity index (χ0n) is 14.2. The molecule has 2 aliphatic carbocycles. The molecule has 0 heterocycles. The SMILES string of the molecule is Cc1cc(Cl)ccc1NC(=O)C12CCC(C)(C(=NO)C1=O)C2(C)C. The lowest BCUT2D eigenvalue weighted by molar-refractivity contribution is -0.140. The second-order valence-electron chi connectivity index (χ2n) is 7.55. The largest absolute Gasteiger partial charge is 0.411 e. The molecule has 2 unspecified atom stereocenters. The van der Waals surface area contributed by atoms with E-state index in [-0.39, 0.29) is 17.4 Å². The van der Waals surface area contributed by atoms with Crippen LogP contribution in [-0.4, -0.2) is 22.6 Å². The maximum atomic E-state index is 13.2. The Morgan fingerprint density at radius 3 is 2.50 bits per heavy atom. The summed E-state index contributed by atoms with van der Waals surface area (Å²) in [5.41, 5.74) is -0.886. The van der Waals surface area contributed by atoms with E-state index in [4.69, 9.17) is 11.6 Å². The fourth-order valence-electron chi connectivity index (χ4n) is 4.45. The van der Waals surface area contributed by atoms with Gasteiger partial charge in [-0.05, 0) is 48.9 Å². The Kier molecular flexibility index (Phi) is 3.57. The molecular weight excluding hydrogens is 328 g/mol. The van der Waals surface area contributed by atoms with Crippen molar-refractivity contribution in [3.05, 3.63) is 28.8 Å². The van der Waals surface area contributed by atoms with Gasteiger partial charge < -0.3 is 10.5 Å². The van der Waals surface area contributed by atoms with Crippen molar-refractivity contribution in [3.8, 4) is 0 Å². The molecule has 1 amide bonds. The molecule has 5 nitrogen and oxygen atoms in total. The number of aryl methyl sites for hydroxylation is 1. The standard InChI is InChI=1S/C18H21ClN2O3/c1-10-9-11(19)5-6-12(10)20-15(23)18-8-7-17(4,16(18,2)3)13(21-24)14(18)22/h5-6,9,24H,7-8H2,1-4H3,(H,20,23). The van der Waals surface area contributed by atoms with Gasteiger partial charge in [0.2, 0.25) is 5.91 Å². The topological polar surface area (TPSA) is 78.8 Å². The Labute approximate surface area is 146 Å². The smallest absolute Gasteiger partial charge is 0.239 e. The molecule has 24 heavy (non-hydrogen) atoms. The lowest BCUT2D eigenvalue weighted by Gasteiger charge is -2.37.